The highest BCUT2D eigenvalue weighted by atomic mass is 35.5. The van der Waals surface area contributed by atoms with Gasteiger partial charge in [0, 0.05) is 48.4 Å². The summed E-state index contributed by atoms with van der Waals surface area (Å²) < 4.78 is 14.1. The van der Waals surface area contributed by atoms with Gasteiger partial charge in [-0.3, -0.25) is 9.98 Å². The van der Waals surface area contributed by atoms with Crippen LogP contribution in [0.5, 0.6) is 0 Å². The van der Waals surface area contributed by atoms with Gasteiger partial charge in [-0.1, -0.05) is 35.5 Å². The van der Waals surface area contributed by atoms with E-state index >= 15 is 0 Å². The van der Waals surface area contributed by atoms with Crippen molar-refractivity contribution in [2.45, 2.75) is 19.5 Å². The van der Waals surface area contributed by atoms with E-state index in [1.807, 2.05) is 18.3 Å². The van der Waals surface area contributed by atoms with Crippen molar-refractivity contribution in [1.29, 1.82) is 0 Å². The van der Waals surface area contributed by atoms with Gasteiger partial charge in [-0.25, -0.2) is 4.39 Å². The summed E-state index contributed by atoms with van der Waals surface area (Å²) in [6.45, 7) is 1.84. The first-order valence-electron chi connectivity index (χ1n) is 7.48. The maximum Gasteiger partial charge on any atom is 0.159 e. The number of rotatable bonds is 4. The van der Waals surface area contributed by atoms with E-state index in [0.717, 1.165) is 29.4 Å². The van der Waals surface area contributed by atoms with E-state index in [-0.39, 0.29) is 5.82 Å². The van der Waals surface area contributed by atoms with Crippen LogP contribution < -0.4 is 0 Å². The highest BCUT2D eigenvalue weighted by Crippen LogP contribution is 2.25. The average molecular weight is 350 g/mol. The molecule has 0 spiro atoms. The number of thioether (sulfide) groups is 1. The molecule has 0 unspecified atom stereocenters. The first-order valence-corrected chi connectivity index (χ1v) is 8.84. The van der Waals surface area contributed by atoms with Gasteiger partial charge in [0.25, 0.3) is 0 Å². The van der Waals surface area contributed by atoms with Crippen molar-refractivity contribution in [3.63, 3.8) is 0 Å². The molecular weight excluding hydrogens is 333 g/mol. The zero-order valence-corrected chi connectivity index (χ0v) is 14.2. The molecule has 0 fully saturated rings. The minimum absolute atomic E-state index is 0.282. The van der Waals surface area contributed by atoms with Gasteiger partial charge in [0.1, 0.15) is 5.82 Å². The van der Waals surface area contributed by atoms with Crippen LogP contribution in [0.2, 0.25) is 5.02 Å². The third kappa shape index (κ3) is 4.24. The Hall–Kier alpha value is -1.59. The normalized spacial score (nSPS) is 14.4. The van der Waals surface area contributed by atoms with Crippen molar-refractivity contribution in [1.82, 2.24) is 9.88 Å². The van der Waals surface area contributed by atoms with Crippen LogP contribution in [0.3, 0.4) is 0 Å². The smallest absolute Gasteiger partial charge is 0.159 e. The van der Waals surface area contributed by atoms with Crippen molar-refractivity contribution in [3.8, 4) is 0 Å². The third-order valence-corrected chi connectivity index (χ3v) is 5.05. The van der Waals surface area contributed by atoms with E-state index in [9.17, 15) is 4.39 Å². The Kier molecular flexibility index (Phi) is 5.51. The first kappa shape index (κ1) is 16.3. The average Bonchev–Trinajstić information content (AvgIpc) is 2.59. The fourth-order valence-corrected chi connectivity index (χ4v) is 3.59. The summed E-state index contributed by atoms with van der Waals surface area (Å²) in [6.07, 6.45) is 4.65. The summed E-state index contributed by atoms with van der Waals surface area (Å²) in [4.78, 5) is 10.8. The Morgan fingerprint density at radius 3 is 2.83 bits per heavy atom. The first-order chi connectivity index (χ1) is 11.2. The van der Waals surface area contributed by atoms with Crippen LogP contribution in [0.1, 0.15) is 17.5 Å². The molecule has 3 nitrogen and oxygen atoms in total. The number of benzene rings is 1. The molecule has 1 aliphatic rings. The molecule has 0 bridgehead atoms. The number of hydrogen-bond acceptors (Lipinski definition) is 4. The third-order valence-electron chi connectivity index (χ3n) is 3.56. The SMILES string of the molecule is Fc1cccc(Cl)c1CN(Cc1cccnc1)C1=NCCCS1. The minimum Gasteiger partial charge on any atom is -0.343 e. The highest BCUT2D eigenvalue weighted by molar-refractivity contribution is 8.13. The Bertz CT molecular complexity index is 673. The van der Waals surface area contributed by atoms with Crippen LogP contribution in [0.25, 0.3) is 0 Å². The lowest BCUT2D eigenvalue weighted by Crippen LogP contribution is -2.30. The molecule has 0 aliphatic carbocycles. The predicted octanol–water partition coefficient (Wildman–Crippen LogP) is 4.37. The number of nitrogens with zero attached hydrogens (tertiary/aromatic N) is 3. The zero-order valence-electron chi connectivity index (χ0n) is 12.6. The summed E-state index contributed by atoms with van der Waals surface area (Å²) in [5.74, 6) is 0.753. The maximum absolute atomic E-state index is 14.1. The predicted molar refractivity (Wildman–Crippen MR) is 94.3 cm³/mol. The number of halogens is 2. The van der Waals surface area contributed by atoms with Crippen molar-refractivity contribution in [3.05, 3.63) is 64.7 Å². The van der Waals surface area contributed by atoms with Crippen LogP contribution in [-0.4, -0.2) is 27.3 Å². The van der Waals surface area contributed by atoms with Gasteiger partial charge in [0.2, 0.25) is 0 Å². The number of aliphatic imine (C=N–C) groups is 1. The van der Waals surface area contributed by atoms with Gasteiger partial charge in [0.15, 0.2) is 5.17 Å². The molecule has 23 heavy (non-hydrogen) atoms. The molecule has 120 valence electrons. The van der Waals surface area contributed by atoms with Gasteiger partial charge in [-0.15, -0.1) is 0 Å². The molecule has 2 heterocycles. The monoisotopic (exact) mass is 349 g/mol. The molecule has 6 heteroatoms. The van der Waals surface area contributed by atoms with Gasteiger partial charge >= 0.3 is 0 Å². The summed E-state index contributed by atoms with van der Waals surface area (Å²) in [5.41, 5.74) is 1.57. The number of aromatic nitrogens is 1. The van der Waals surface area contributed by atoms with Crippen molar-refractivity contribution < 1.29 is 4.39 Å². The van der Waals surface area contributed by atoms with Crippen LogP contribution >= 0.6 is 23.4 Å². The molecule has 0 atom stereocenters. The number of hydrogen-bond donors (Lipinski definition) is 0. The lowest BCUT2D eigenvalue weighted by Gasteiger charge is -2.28. The molecule has 1 aliphatic heterocycles. The van der Waals surface area contributed by atoms with E-state index < -0.39 is 0 Å². The second kappa shape index (κ2) is 7.79. The number of pyridine rings is 1. The lowest BCUT2D eigenvalue weighted by atomic mass is 10.2. The molecule has 0 radical (unpaired) electrons. The summed E-state index contributed by atoms with van der Waals surface area (Å²) in [5, 5.41) is 1.39. The van der Waals surface area contributed by atoms with Crippen molar-refractivity contribution in [2.24, 2.45) is 4.99 Å². The fourth-order valence-electron chi connectivity index (χ4n) is 2.42. The molecule has 1 aromatic carbocycles. The summed E-state index contributed by atoms with van der Waals surface area (Å²) >= 11 is 7.90. The van der Waals surface area contributed by atoms with Gasteiger partial charge in [0.05, 0.1) is 0 Å². The second-order valence-corrected chi connectivity index (χ2v) is 6.75. The van der Waals surface area contributed by atoms with E-state index in [4.69, 9.17) is 11.6 Å². The van der Waals surface area contributed by atoms with E-state index in [0.29, 0.717) is 23.7 Å². The Balaban J connectivity index is 1.87. The van der Waals surface area contributed by atoms with Gasteiger partial charge in [-0.05, 0) is 30.2 Å². The van der Waals surface area contributed by atoms with E-state index in [1.165, 1.54) is 6.07 Å². The van der Waals surface area contributed by atoms with Gasteiger partial charge < -0.3 is 4.90 Å². The van der Waals surface area contributed by atoms with Crippen LogP contribution in [-0.2, 0) is 13.1 Å². The van der Waals surface area contributed by atoms with Gasteiger partial charge in [-0.2, -0.15) is 0 Å². The standard InChI is InChI=1S/C17H17ClFN3S/c18-15-5-1-6-16(19)14(15)12-22(17-21-8-3-9-23-17)11-13-4-2-7-20-10-13/h1-2,4-7,10H,3,8-9,11-12H2. The van der Waals surface area contributed by atoms with Crippen molar-refractivity contribution >= 4 is 28.5 Å². The Morgan fingerprint density at radius 1 is 1.22 bits per heavy atom. The zero-order chi connectivity index (χ0) is 16.1. The molecule has 1 aromatic heterocycles. The molecule has 0 N–H and O–H groups in total. The van der Waals surface area contributed by atoms with E-state index in [1.54, 1.807) is 30.1 Å². The van der Waals surface area contributed by atoms with Crippen LogP contribution in [0.15, 0.2) is 47.7 Å². The largest absolute Gasteiger partial charge is 0.343 e. The molecule has 0 saturated carbocycles. The van der Waals surface area contributed by atoms with E-state index in [2.05, 4.69) is 14.9 Å². The van der Waals surface area contributed by atoms with Crippen LogP contribution in [0.4, 0.5) is 4.39 Å². The number of amidine groups is 1. The second-order valence-electron chi connectivity index (χ2n) is 5.28. The molecule has 0 saturated heterocycles. The Morgan fingerprint density at radius 2 is 2.13 bits per heavy atom. The molecule has 3 rings (SSSR count). The maximum atomic E-state index is 14.1. The molecule has 2 aromatic rings. The molecule has 0 amide bonds. The van der Waals surface area contributed by atoms with Crippen molar-refractivity contribution in [2.75, 3.05) is 12.3 Å². The highest BCUT2D eigenvalue weighted by Gasteiger charge is 2.19. The summed E-state index contributed by atoms with van der Waals surface area (Å²) in [7, 11) is 0. The fraction of sp³-hybridized carbons (Fsp3) is 0.294. The summed E-state index contributed by atoms with van der Waals surface area (Å²) in [6, 6.07) is 8.70. The Labute approximate surface area is 144 Å². The van der Waals surface area contributed by atoms with Crippen LogP contribution in [0, 0.1) is 5.82 Å². The topological polar surface area (TPSA) is 28.5 Å². The minimum atomic E-state index is -0.282. The lowest BCUT2D eigenvalue weighted by molar-refractivity contribution is 0.402. The molecular formula is C17H17ClFN3S. The quantitative estimate of drug-likeness (QED) is 0.820.